The molecular formula is C14H18N2. The Morgan fingerprint density at radius 3 is 2.88 bits per heavy atom. The Morgan fingerprint density at radius 2 is 2.12 bits per heavy atom. The van der Waals surface area contributed by atoms with Gasteiger partial charge in [0.05, 0.1) is 0 Å². The van der Waals surface area contributed by atoms with E-state index in [-0.39, 0.29) is 0 Å². The Hall–Kier alpha value is -1.28. The molecule has 1 aromatic heterocycles. The van der Waals surface area contributed by atoms with Crippen molar-refractivity contribution in [1.29, 1.82) is 0 Å². The molecule has 0 spiro atoms. The first-order valence-corrected chi connectivity index (χ1v) is 5.99. The maximum Gasteiger partial charge on any atom is 0.0489 e. The quantitative estimate of drug-likeness (QED) is 0.750. The lowest BCUT2D eigenvalue weighted by Gasteiger charge is -2.09. The summed E-state index contributed by atoms with van der Waals surface area (Å²) in [6, 6.07) is 5.10. The minimum absolute atomic E-state index is 0.532. The highest BCUT2D eigenvalue weighted by Crippen LogP contribution is 2.38. The molecule has 16 heavy (non-hydrogen) atoms. The molecule has 0 bridgehead atoms. The van der Waals surface area contributed by atoms with Crippen molar-refractivity contribution in [2.45, 2.75) is 32.7 Å². The number of hydrogen-bond acceptors (Lipinski definition) is 1. The molecule has 0 amide bonds. The zero-order valence-corrected chi connectivity index (χ0v) is 10.1. The maximum atomic E-state index is 3.60. The van der Waals surface area contributed by atoms with Gasteiger partial charge in [-0.1, -0.05) is 11.6 Å². The SMILES string of the molecule is CNC1CCc2[nH]c3c(C)cc(C)cc3c21. The Labute approximate surface area is 96.1 Å². The molecule has 1 heterocycles. The summed E-state index contributed by atoms with van der Waals surface area (Å²) in [6.07, 6.45) is 2.40. The Morgan fingerprint density at radius 1 is 1.31 bits per heavy atom. The van der Waals surface area contributed by atoms with Crippen LogP contribution in [0.15, 0.2) is 12.1 Å². The molecule has 1 aliphatic carbocycles. The molecule has 1 aliphatic rings. The Kier molecular flexibility index (Phi) is 2.08. The first-order valence-electron chi connectivity index (χ1n) is 5.99. The zero-order chi connectivity index (χ0) is 11.3. The normalized spacial score (nSPS) is 19.3. The molecule has 0 saturated heterocycles. The lowest BCUT2D eigenvalue weighted by atomic mass is 10.0. The van der Waals surface area contributed by atoms with Gasteiger partial charge >= 0.3 is 0 Å². The van der Waals surface area contributed by atoms with E-state index in [0.29, 0.717) is 6.04 Å². The van der Waals surface area contributed by atoms with Gasteiger partial charge in [0.15, 0.2) is 0 Å². The minimum atomic E-state index is 0.532. The highest BCUT2D eigenvalue weighted by Gasteiger charge is 2.25. The number of nitrogens with one attached hydrogen (secondary N) is 2. The summed E-state index contributed by atoms with van der Waals surface area (Å²) in [4.78, 5) is 3.60. The van der Waals surface area contributed by atoms with Crippen molar-refractivity contribution < 1.29 is 0 Å². The lowest BCUT2D eigenvalue weighted by Crippen LogP contribution is -2.12. The second kappa shape index (κ2) is 3.36. The van der Waals surface area contributed by atoms with Crippen molar-refractivity contribution >= 4 is 10.9 Å². The summed E-state index contributed by atoms with van der Waals surface area (Å²) >= 11 is 0. The first-order chi connectivity index (χ1) is 7.70. The summed E-state index contributed by atoms with van der Waals surface area (Å²) < 4.78 is 0. The molecule has 1 aromatic carbocycles. The number of hydrogen-bond donors (Lipinski definition) is 2. The van der Waals surface area contributed by atoms with Crippen LogP contribution in [-0.4, -0.2) is 12.0 Å². The largest absolute Gasteiger partial charge is 0.358 e. The summed E-state index contributed by atoms with van der Waals surface area (Å²) in [5, 5.41) is 4.84. The van der Waals surface area contributed by atoms with E-state index < -0.39 is 0 Å². The van der Waals surface area contributed by atoms with Crippen LogP contribution in [0.25, 0.3) is 10.9 Å². The molecule has 84 valence electrons. The number of fused-ring (bicyclic) bond motifs is 3. The van der Waals surface area contributed by atoms with Crippen molar-refractivity contribution in [2.24, 2.45) is 0 Å². The van der Waals surface area contributed by atoms with E-state index >= 15 is 0 Å². The first kappa shape index (κ1) is 9.91. The zero-order valence-electron chi connectivity index (χ0n) is 10.1. The fraction of sp³-hybridized carbons (Fsp3) is 0.429. The average Bonchev–Trinajstić information content (AvgIpc) is 2.77. The molecule has 2 aromatic rings. The second-order valence-electron chi connectivity index (χ2n) is 4.90. The highest BCUT2D eigenvalue weighted by molar-refractivity contribution is 5.89. The van der Waals surface area contributed by atoms with Gasteiger partial charge in [-0.05, 0) is 50.9 Å². The summed E-state index contributed by atoms with van der Waals surface area (Å²) in [7, 11) is 2.06. The average molecular weight is 214 g/mol. The van der Waals surface area contributed by atoms with Crippen LogP contribution in [0.4, 0.5) is 0 Å². The van der Waals surface area contributed by atoms with Gasteiger partial charge < -0.3 is 10.3 Å². The van der Waals surface area contributed by atoms with Gasteiger partial charge in [-0.2, -0.15) is 0 Å². The number of aromatic nitrogens is 1. The molecule has 0 aliphatic heterocycles. The number of aromatic amines is 1. The monoisotopic (exact) mass is 214 g/mol. The van der Waals surface area contributed by atoms with Crippen LogP contribution in [0, 0.1) is 13.8 Å². The standard InChI is InChI=1S/C14H18N2/c1-8-6-9(2)14-10(7-8)13-11(15-3)4-5-12(13)16-14/h6-7,11,15-16H,4-5H2,1-3H3. The molecule has 0 radical (unpaired) electrons. The predicted octanol–water partition coefficient (Wildman–Crippen LogP) is 2.99. The van der Waals surface area contributed by atoms with E-state index in [1.54, 1.807) is 0 Å². The van der Waals surface area contributed by atoms with Crippen molar-refractivity contribution in [2.75, 3.05) is 7.05 Å². The van der Waals surface area contributed by atoms with E-state index in [1.807, 2.05) is 0 Å². The fourth-order valence-corrected chi connectivity index (χ4v) is 3.04. The number of rotatable bonds is 1. The molecule has 2 heteroatoms. The maximum absolute atomic E-state index is 3.60. The summed E-state index contributed by atoms with van der Waals surface area (Å²) in [5.74, 6) is 0. The van der Waals surface area contributed by atoms with Gasteiger partial charge in [0.25, 0.3) is 0 Å². The highest BCUT2D eigenvalue weighted by atomic mass is 14.9. The third kappa shape index (κ3) is 1.23. The van der Waals surface area contributed by atoms with Crippen LogP contribution in [0.1, 0.15) is 34.8 Å². The molecule has 2 nitrogen and oxygen atoms in total. The molecule has 1 unspecified atom stereocenters. The van der Waals surface area contributed by atoms with Gasteiger partial charge in [-0.3, -0.25) is 0 Å². The Balaban J connectivity index is 2.33. The van der Waals surface area contributed by atoms with E-state index in [4.69, 9.17) is 0 Å². The van der Waals surface area contributed by atoms with Crippen molar-refractivity contribution in [3.8, 4) is 0 Å². The third-order valence-electron chi connectivity index (χ3n) is 3.75. The van der Waals surface area contributed by atoms with E-state index in [1.165, 1.54) is 46.1 Å². The summed E-state index contributed by atoms with van der Waals surface area (Å²) in [6.45, 7) is 4.37. The molecule has 0 saturated carbocycles. The number of H-pyrrole nitrogens is 1. The molecule has 3 rings (SSSR count). The molecule has 0 fully saturated rings. The topological polar surface area (TPSA) is 27.8 Å². The molecule has 2 N–H and O–H groups in total. The fourth-order valence-electron chi connectivity index (χ4n) is 3.04. The van der Waals surface area contributed by atoms with Crippen LogP contribution in [-0.2, 0) is 6.42 Å². The van der Waals surface area contributed by atoms with Crippen LogP contribution >= 0.6 is 0 Å². The van der Waals surface area contributed by atoms with Crippen molar-refractivity contribution in [3.63, 3.8) is 0 Å². The predicted molar refractivity (Wildman–Crippen MR) is 67.9 cm³/mol. The van der Waals surface area contributed by atoms with E-state index in [0.717, 1.165) is 0 Å². The summed E-state index contributed by atoms with van der Waals surface area (Å²) in [5.41, 5.74) is 6.98. The third-order valence-corrected chi connectivity index (χ3v) is 3.75. The smallest absolute Gasteiger partial charge is 0.0489 e. The van der Waals surface area contributed by atoms with Gasteiger partial charge in [-0.15, -0.1) is 0 Å². The number of aryl methyl sites for hydroxylation is 3. The van der Waals surface area contributed by atoms with Crippen LogP contribution in [0.2, 0.25) is 0 Å². The van der Waals surface area contributed by atoms with Gasteiger partial charge in [0.2, 0.25) is 0 Å². The van der Waals surface area contributed by atoms with Gasteiger partial charge in [-0.25, -0.2) is 0 Å². The van der Waals surface area contributed by atoms with E-state index in [9.17, 15) is 0 Å². The number of benzene rings is 1. The molecular weight excluding hydrogens is 196 g/mol. The van der Waals surface area contributed by atoms with E-state index in [2.05, 4.69) is 43.3 Å². The Bertz CT molecular complexity index is 551. The van der Waals surface area contributed by atoms with Crippen LogP contribution < -0.4 is 5.32 Å². The van der Waals surface area contributed by atoms with Gasteiger partial charge in [0, 0.05) is 22.6 Å². The second-order valence-corrected chi connectivity index (χ2v) is 4.90. The van der Waals surface area contributed by atoms with Crippen molar-refractivity contribution in [3.05, 3.63) is 34.5 Å². The minimum Gasteiger partial charge on any atom is -0.358 e. The van der Waals surface area contributed by atoms with Crippen LogP contribution in [0.5, 0.6) is 0 Å². The molecule has 1 atom stereocenters. The van der Waals surface area contributed by atoms with Crippen LogP contribution in [0.3, 0.4) is 0 Å². The van der Waals surface area contributed by atoms with Crippen molar-refractivity contribution in [1.82, 2.24) is 10.3 Å². The lowest BCUT2D eigenvalue weighted by molar-refractivity contribution is 0.592. The van der Waals surface area contributed by atoms with Gasteiger partial charge in [0.1, 0.15) is 0 Å².